The first-order valence-corrected chi connectivity index (χ1v) is 10.3. The van der Waals surface area contributed by atoms with E-state index in [0.29, 0.717) is 22.9 Å². The molecule has 0 aromatic heterocycles. The summed E-state index contributed by atoms with van der Waals surface area (Å²) >= 11 is 7.42. The van der Waals surface area contributed by atoms with Crippen LogP contribution >= 0.6 is 23.4 Å². The SMILES string of the molecule is C=CCN1C(SCc2c(F)cccc2Cl)=N[C@@H]2CS(=O)(=O)C[C@@H]21. The Morgan fingerprint density at radius 2 is 2.26 bits per heavy atom. The molecule has 124 valence electrons. The first kappa shape index (κ1) is 16.8. The summed E-state index contributed by atoms with van der Waals surface area (Å²) in [6.45, 7) is 4.24. The number of fused-ring (bicyclic) bond motifs is 1. The molecule has 0 saturated carbocycles. The van der Waals surface area contributed by atoms with Gasteiger partial charge in [0.1, 0.15) is 5.82 Å². The lowest BCUT2D eigenvalue weighted by atomic mass is 10.2. The van der Waals surface area contributed by atoms with Gasteiger partial charge in [-0.2, -0.15) is 0 Å². The van der Waals surface area contributed by atoms with Crippen LogP contribution in [0.25, 0.3) is 0 Å². The molecule has 23 heavy (non-hydrogen) atoms. The molecule has 0 radical (unpaired) electrons. The van der Waals surface area contributed by atoms with Crippen molar-refractivity contribution in [3.05, 3.63) is 47.3 Å². The van der Waals surface area contributed by atoms with Gasteiger partial charge in [-0.25, -0.2) is 12.8 Å². The zero-order valence-electron chi connectivity index (χ0n) is 12.3. The number of amidine groups is 1. The third-order valence-corrected chi connectivity index (χ3v) is 7.03. The second-order valence-corrected chi connectivity index (χ2v) is 9.06. The van der Waals surface area contributed by atoms with Crippen molar-refractivity contribution in [2.45, 2.75) is 17.8 Å². The number of rotatable bonds is 4. The van der Waals surface area contributed by atoms with Gasteiger partial charge >= 0.3 is 0 Å². The highest BCUT2D eigenvalue weighted by Gasteiger charge is 2.46. The zero-order chi connectivity index (χ0) is 16.6. The molecule has 0 aliphatic carbocycles. The summed E-state index contributed by atoms with van der Waals surface area (Å²) in [5, 5.41) is 1.11. The summed E-state index contributed by atoms with van der Waals surface area (Å²) in [7, 11) is -3.03. The van der Waals surface area contributed by atoms with Crippen LogP contribution in [0.4, 0.5) is 4.39 Å². The van der Waals surface area contributed by atoms with Gasteiger partial charge < -0.3 is 4.90 Å². The molecule has 2 aliphatic rings. The number of thioether (sulfide) groups is 1. The van der Waals surface area contributed by atoms with E-state index in [1.165, 1.54) is 17.8 Å². The second kappa shape index (κ2) is 6.45. The number of aliphatic imine (C=N–C) groups is 1. The molecule has 0 unspecified atom stereocenters. The smallest absolute Gasteiger partial charge is 0.160 e. The molecule has 3 rings (SSSR count). The van der Waals surface area contributed by atoms with Gasteiger partial charge in [0.05, 0.1) is 23.6 Å². The van der Waals surface area contributed by atoms with Gasteiger partial charge in [0.2, 0.25) is 0 Å². The molecule has 0 N–H and O–H groups in total. The van der Waals surface area contributed by atoms with Crippen molar-refractivity contribution in [3.8, 4) is 0 Å². The van der Waals surface area contributed by atoms with E-state index >= 15 is 0 Å². The average molecular weight is 375 g/mol. The molecule has 1 saturated heterocycles. The van der Waals surface area contributed by atoms with Gasteiger partial charge in [-0.3, -0.25) is 4.99 Å². The Kier molecular flexibility index (Phi) is 4.71. The molecule has 4 nitrogen and oxygen atoms in total. The van der Waals surface area contributed by atoms with Crippen LogP contribution in [0.15, 0.2) is 35.8 Å². The van der Waals surface area contributed by atoms with Gasteiger partial charge in [0, 0.05) is 22.9 Å². The topological polar surface area (TPSA) is 49.7 Å². The van der Waals surface area contributed by atoms with Crippen LogP contribution in [0.5, 0.6) is 0 Å². The summed E-state index contributed by atoms with van der Waals surface area (Å²) in [5.74, 6) is 0.195. The van der Waals surface area contributed by atoms with Crippen molar-refractivity contribution in [1.82, 2.24) is 4.90 Å². The molecule has 8 heteroatoms. The number of benzene rings is 1. The molecule has 2 heterocycles. The van der Waals surface area contributed by atoms with Crippen molar-refractivity contribution in [3.63, 3.8) is 0 Å². The standard InChI is InChI=1S/C15H16ClFN2O2S2/c1-2-6-19-14-9-23(20,21)8-13(14)18-15(19)22-7-10-11(16)4-3-5-12(10)17/h2-5,13-14H,1,6-9H2/t13-,14+/m1/s1. The summed E-state index contributed by atoms with van der Waals surface area (Å²) in [5.41, 5.74) is 0.435. The Morgan fingerprint density at radius 1 is 1.48 bits per heavy atom. The molecule has 0 amide bonds. The molecule has 1 fully saturated rings. The second-order valence-electron chi connectivity index (χ2n) is 5.55. The average Bonchev–Trinajstić information content (AvgIpc) is 2.92. The molecular weight excluding hydrogens is 359 g/mol. The van der Waals surface area contributed by atoms with Gasteiger partial charge in [-0.1, -0.05) is 35.5 Å². The number of sulfone groups is 1. The van der Waals surface area contributed by atoms with Crippen molar-refractivity contribution >= 4 is 38.4 Å². The van der Waals surface area contributed by atoms with Crippen molar-refractivity contribution < 1.29 is 12.8 Å². The Bertz CT molecular complexity index is 746. The van der Waals surface area contributed by atoms with E-state index in [2.05, 4.69) is 11.6 Å². The fraction of sp³-hybridized carbons (Fsp3) is 0.400. The number of nitrogens with zero attached hydrogens (tertiary/aromatic N) is 2. The monoisotopic (exact) mass is 374 g/mol. The number of hydrogen-bond acceptors (Lipinski definition) is 5. The first-order chi connectivity index (χ1) is 10.9. The van der Waals surface area contributed by atoms with E-state index < -0.39 is 9.84 Å². The highest BCUT2D eigenvalue weighted by atomic mass is 35.5. The molecular formula is C15H16ClFN2O2S2. The van der Waals surface area contributed by atoms with E-state index in [9.17, 15) is 12.8 Å². The highest BCUT2D eigenvalue weighted by Crippen LogP contribution is 2.33. The molecule has 1 aromatic rings. The fourth-order valence-corrected chi connectivity index (χ4v) is 6.21. The fourth-order valence-electron chi connectivity index (χ4n) is 2.87. The molecule has 0 spiro atoms. The predicted molar refractivity (Wildman–Crippen MR) is 93.3 cm³/mol. The largest absolute Gasteiger partial charge is 0.342 e. The van der Waals surface area contributed by atoms with Gasteiger partial charge in [0.25, 0.3) is 0 Å². The first-order valence-electron chi connectivity index (χ1n) is 7.13. The van der Waals surface area contributed by atoms with Crippen LogP contribution in [-0.2, 0) is 15.6 Å². The minimum absolute atomic E-state index is 0.0792. The highest BCUT2D eigenvalue weighted by molar-refractivity contribution is 8.13. The number of halogens is 2. The quantitative estimate of drug-likeness (QED) is 0.760. The maximum atomic E-state index is 13.9. The summed E-state index contributed by atoms with van der Waals surface area (Å²) in [4.78, 5) is 6.48. The van der Waals surface area contributed by atoms with Gasteiger partial charge in [-0.05, 0) is 12.1 Å². The van der Waals surface area contributed by atoms with Crippen LogP contribution in [0.1, 0.15) is 5.56 Å². The van der Waals surface area contributed by atoms with Crippen LogP contribution in [0.2, 0.25) is 5.02 Å². The van der Waals surface area contributed by atoms with Crippen LogP contribution in [-0.4, -0.2) is 48.6 Å². The van der Waals surface area contributed by atoms with E-state index in [1.54, 1.807) is 18.2 Å². The summed E-state index contributed by atoms with van der Waals surface area (Å²) in [6, 6.07) is 4.22. The third-order valence-electron chi connectivity index (χ3n) is 3.95. The van der Waals surface area contributed by atoms with E-state index in [4.69, 9.17) is 11.6 Å². The molecule has 2 aliphatic heterocycles. The molecule has 0 bridgehead atoms. The summed E-state index contributed by atoms with van der Waals surface area (Å²) < 4.78 is 37.4. The molecule has 1 aromatic carbocycles. The van der Waals surface area contributed by atoms with E-state index in [-0.39, 0.29) is 29.4 Å². The maximum Gasteiger partial charge on any atom is 0.160 e. The van der Waals surface area contributed by atoms with Crippen molar-refractivity contribution in [2.75, 3.05) is 18.1 Å². The van der Waals surface area contributed by atoms with Crippen LogP contribution in [0.3, 0.4) is 0 Å². The Hall–Kier alpha value is -1.05. The Morgan fingerprint density at radius 3 is 2.96 bits per heavy atom. The van der Waals surface area contributed by atoms with E-state index in [1.807, 2.05) is 4.90 Å². The van der Waals surface area contributed by atoms with Crippen LogP contribution in [0, 0.1) is 5.82 Å². The maximum absolute atomic E-state index is 13.9. The Balaban J connectivity index is 1.78. The lowest BCUT2D eigenvalue weighted by Crippen LogP contribution is -2.39. The number of hydrogen-bond donors (Lipinski definition) is 0. The summed E-state index contributed by atoms with van der Waals surface area (Å²) in [6.07, 6.45) is 1.72. The van der Waals surface area contributed by atoms with Crippen molar-refractivity contribution in [2.24, 2.45) is 4.99 Å². The van der Waals surface area contributed by atoms with E-state index in [0.717, 1.165) is 5.17 Å². The minimum Gasteiger partial charge on any atom is -0.342 e. The van der Waals surface area contributed by atoms with Gasteiger partial charge in [0.15, 0.2) is 15.0 Å². The predicted octanol–water partition coefficient (Wildman–Crippen LogP) is 2.74. The Labute approximate surface area is 144 Å². The lowest BCUT2D eigenvalue weighted by molar-refractivity contribution is 0.379. The normalized spacial score (nSPS) is 25.3. The van der Waals surface area contributed by atoms with Gasteiger partial charge in [-0.15, -0.1) is 6.58 Å². The zero-order valence-corrected chi connectivity index (χ0v) is 14.7. The van der Waals surface area contributed by atoms with Crippen molar-refractivity contribution in [1.29, 1.82) is 0 Å². The lowest BCUT2D eigenvalue weighted by Gasteiger charge is -2.24. The third kappa shape index (κ3) is 3.41. The minimum atomic E-state index is -3.03. The van der Waals surface area contributed by atoms with Crippen LogP contribution < -0.4 is 0 Å². The molecule has 2 atom stereocenters.